The molecule has 2 aromatic heterocycles. The second kappa shape index (κ2) is 8.77. The first-order chi connectivity index (χ1) is 15.8. The molecule has 4 rings (SSSR count). The molecule has 0 radical (unpaired) electrons. The van der Waals surface area contributed by atoms with E-state index in [0.717, 1.165) is 5.56 Å². The molecule has 0 aliphatic heterocycles. The van der Waals surface area contributed by atoms with Crippen LogP contribution in [0.4, 0.5) is 14.8 Å². The number of aromatic nitrogens is 4. The smallest absolute Gasteiger partial charge is 0.322 e. The van der Waals surface area contributed by atoms with Gasteiger partial charge in [-0.25, -0.2) is 13.8 Å². The van der Waals surface area contributed by atoms with Crippen LogP contribution in [0.3, 0.4) is 0 Å². The van der Waals surface area contributed by atoms with Crippen molar-refractivity contribution in [1.29, 1.82) is 0 Å². The SMILES string of the molecule is C[C@H](c1nc2c(F)cccc2[nH]1)C(CC=O)(Nc1nc(Cc2ccc(F)cc2)no1)C(N)=O. The Balaban J connectivity index is 1.64. The molecule has 2 atom stereocenters. The number of hydrogen-bond donors (Lipinski definition) is 3. The first-order valence-electron chi connectivity index (χ1n) is 10.1. The molecule has 0 fully saturated rings. The number of aldehydes is 1. The van der Waals surface area contributed by atoms with Gasteiger partial charge in [-0.15, -0.1) is 0 Å². The van der Waals surface area contributed by atoms with Gasteiger partial charge in [-0.3, -0.25) is 4.79 Å². The quantitative estimate of drug-likeness (QED) is 0.330. The Labute approximate surface area is 186 Å². The number of benzene rings is 2. The number of halogens is 2. The van der Waals surface area contributed by atoms with Crippen LogP contribution in [0.25, 0.3) is 11.0 Å². The van der Waals surface area contributed by atoms with Crippen LogP contribution in [0.1, 0.15) is 36.5 Å². The van der Waals surface area contributed by atoms with E-state index in [0.29, 0.717) is 11.8 Å². The number of rotatable bonds is 9. The highest BCUT2D eigenvalue weighted by atomic mass is 19.1. The number of primary amides is 1. The Morgan fingerprint density at radius 2 is 2.00 bits per heavy atom. The zero-order valence-electron chi connectivity index (χ0n) is 17.5. The molecule has 2 aromatic carbocycles. The summed E-state index contributed by atoms with van der Waals surface area (Å²) in [6.45, 7) is 1.62. The molecule has 33 heavy (non-hydrogen) atoms. The fraction of sp³-hybridized carbons (Fsp3) is 0.227. The summed E-state index contributed by atoms with van der Waals surface area (Å²) in [7, 11) is 0. The molecule has 1 amide bonds. The second-order valence-electron chi connectivity index (χ2n) is 7.63. The van der Waals surface area contributed by atoms with Crippen molar-refractivity contribution >= 4 is 29.2 Å². The van der Waals surface area contributed by atoms with Crippen LogP contribution in [-0.2, 0) is 16.0 Å². The molecule has 0 saturated carbocycles. The molecular weight excluding hydrogens is 434 g/mol. The van der Waals surface area contributed by atoms with Crippen LogP contribution in [0, 0.1) is 11.6 Å². The molecular formula is C22H20F2N6O3. The summed E-state index contributed by atoms with van der Waals surface area (Å²) >= 11 is 0. The normalized spacial score (nSPS) is 14.0. The maximum absolute atomic E-state index is 14.1. The summed E-state index contributed by atoms with van der Waals surface area (Å²) in [5, 5.41) is 6.67. The van der Waals surface area contributed by atoms with Crippen molar-refractivity contribution in [3.63, 3.8) is 0 Å². The summed E-state index contributed by atoms with van der Waals surface area (Å²) in [5.74, 6) is -2.05. The first kappa shape index (κ1) is 22.1. The van der Waals surface area contributed by atoms with Gasteiger partial charge in [0.05, 0.1) is 5.52 Å². The minimum Gasteiger partial charge on any atom is -0.368 e. The lowest BCUT2D eigenvalue weighted by Gasteiger charge is -2.33. The van der Waals surface area contributed by atoms with Gasteiger partial charge < -0.3 is 25.4 Å². The van der Waals surface area contributed by atoms with E-state index in [9.17, 15) is 18.4 Å². The van der Waals surface area contributed by atoms with Crippen LogP contribution in [0.2, 0.25) is 0 Å². The molecule has 9 nitrogen and oxygen atoms in total. The van der Waals surface area contributed by atoms with Crippen molar-refractivity contribution in [3.8, 4) is 0 Å². The molecule has 0 bridgehead atoms. The van der Waals surface area contributed by atoms with Crippen LogP contribution < -0.4 is 11.1 Å². The number of H-pyrrole nitrogens is 1. The summed E-state index contributed by atoms with van der Waals surface area (Å²) in [6, 6.07) is 10.1. The Bertz CT molecular complexity index is 1300. The number of carbonyl (C=O) groups is 2. The number of para-hydroxylation sites is 1. The molecule has 170 valence electrons. The predicted octanol–water partition coefficient (Wildman–Crippen LogP) is 2.84. The Morgan fingerprint density at radius 3 is 2.67 bits per heavy atom. The number of amides is 1. The lowest BCUT2D eigenvalue weighted by atomic mass is 9.81. The number of nitrogens with two attached hydrogens (primary N) is 1. The second-order valence-corrected chi connectivity index (χ2v) is 7.63. The van der Waals surface area contributed by atoms with E-state index in [2.05, 4.69) is 25.4 Å². The van der Waals surface area contributed by atoms with Crippen LogP contribution in [-0.4, -0.2) is 37.8 Å². The fourth-order valence-corrected chi connectivity index (χ4v) is 3.65. The highest BCUT2D eigenvalue weighted by molar-refractivity contribution is 5.91. The van der Waals surface area contributed by atoms with Gasteiger partial charge in [0, 0.05) is 18.8 Å². The predicted molar refractivity (Wildman–Crippen MR) is 114 cm³/mol. The Hall–Kier alpha value is -4.15. The van der Waals surface area contributed by atoms with Gasteiger partial charge >= 0.3 is 6.01 Å². The van der Waals surface area contributed by atoms with Gasteiger partial charge in [-0.1, -0.05) is 30.3 Å². The van der Waals surface area contributed by atoms with Crippen molar-refractivity contribution in [1.82, 2.24) is 20.1 Å². The van der Waals surface area contributed by atoms with E-state index in [1.165, 1.54) is 24.3 Å². The summed E-state index contributed by atoms with van der Waals surface area (Å²) in [4.78, 5) is 35.6. The van der Waals surface area contributed by atoms with Gasteiger partial charge in [0.2, 0.25) is 5.91 Å². The molecule has 0 aliphatic carbocycles. The molecule has 4 aromatic rings. The molecule has 0 saturated heterocycles. The molecule has 1 unspecified atom stereocenters. The minimum absolute atomic E-state index is 0.100. The number of imidazole rings is 1. The Morgan fingerprint density at radius 1 is 1.24 bits per heavy atom. The monoisotopic (exact) mass is 454 g/mol. The fourth-order valence-electron chi connectivity index (χ4n) is 3.65. The van der Waals surface area contributed by atoms with E-state index in [-0.39, 0.29) is 41.8 Å². The van der Waals surface area contributed by atoms with Gasteiger partial charge in [0.1, 0.15) is 29.0 Å². The summed E-state index contributed by atoms with van der Waals surface area (Å²) < 4.78 is 32.4. The number of fused-ring (bicyclic) bond motifs is 1. The van der Waals surface area contributed by atoms with Gasteiger partial charge in [-0.2, -0.15) is 4.98 Å². The van der Waals surface area contributed by atoms with E-state index < -0.39 is 23.2 Å². The van der Waals surface area contributed by atoms with Crippen LogP contribution in [0.5, 0.6) is 0 Å². The number of nitrogens with one attached hydrogen (secondary N) is 2. The maximum Gasteiger partial charge on any atom is 0.322 e. The van der Waals surface area contributed by atoms with E-state index in [4.69, 9.17) is 10.3 Å². The number of aromatic amines is 1. The third kappa shape index (κ3) is 4.29. The van der Waals surface area contributed by atoms with Crippen molar-refractivity contribution in [2.75, 3.05) is 5.32 Å². The first-order valence-corrected chi connectivity index (χ1v) is 10.1. The molecule has 11 heteroatoms. The minimum atomic E-state index is -1.69. The third-order valence-corrected chi connectivity index (χ3v) is 5.55. The number of carbonyl (C=O) groups excluding carboxylic acids is 2. The summed E-state index contributed by atoms with van der Waals surface area (Å²) in [6.07, 6.45) is 0.451. The maximum atomic E-state index is 14.1. The average Bonchev–Trinajstić information content (AvgIpc) is 3.42. The van der Waals surface area contributed by atoms with Gasteiger partial charge in [0.25, 0.3) is 0 Å². The van der Waals surface area contributed by atoms with Crippen LogP contribution >= 0.6 is 0 Å². The van der Waals surface area contributed by atoms with E-state index in [1.807, 2.05) is 0 Å². The Kier molecular flexibility index (Phi) is 5.86. The number of nitrogens with zero attached hydrogens (tertiary/aromatic N) is 3. The topological polar surface area (TPSA) is 140 Å². The van der Waals surface area contributed by atoms with Crippen molar-refractivity contribution in [2.24, 2.45) is 5.73 Å². The standard InChI is InChI=1S/C22H20F2N6O3/c1-12(19-26-16-4-2-3-15(24)18(16)28-19)22(9-10-31,20(25)32)29-21-27-17(30-33-21)11-13-5-7-14(23)8-6-13/h2-8,10,12H,9,11H2,1H3,(H2,25,32)(H,26,28)(H,27,29,30)/t12-,22?/m1/s1. The third-order valence-electron chi connectivity index (χ3n) is 5.55. The molecule has 0 spiro atoms. The van der Waals surface area contributed by atoms with E-state index in [1.54, 1.807) is 25.1 Å². The van der Waals surface area contributed by atoms with Crippen molar-refractivity contribution < 1.29 is 22.9 Å². The number of hydrogen-bond acceptors (Lipinski definition) is 7. The lowest BCUT2D eigenvalue weighted by Crippen LogP contribution is -2.55. The van der Waals surface area contributed by atoms with Crippen LogP contribution in [0.15, 0.2) is 47.0 Å². The summed E-state index contributed by atoms with van der Waals surface area (Å²) in [5.41, 5.74) is 5.30. The number of anilines is 1. The van der Waals surface area contributed by atoms with Gasteiger partial charge in [-0.05, 0) is 29.8 Å². The molecule has 4 N–H and O–H groups in total. The van der Waals surface area contributed by atoms with Crippen molar-refractivity contribution in [2.45, 2.75) is 31.2 Å². The largest absolute Gasteiger partial charge is 0.368 e. The highest BCUT2D eigenvalue weighted by Crippen LogP contribution is 2.33. The lowest BCUT2D eigenvalue weighted by molar-refractivity contribution is -0.125. The zero-order valence-corrected chi connectivity index (χ0v) is 17.5. The average molecular weight is 454 g/mol. The van der Waals surface area contributed by atoms with Crippen molar-refractivity contribution in [3.05, 3.63) is 71.3 Å². The van der Waals surface area contributed by atoms with Gasteiger partial charge in [0.15, 0.2) is 11.6 Å². The molecule has 2 heterocycles. The highest BCUT2D eigenvalue weighted by Gasteiger charge is 2.45. The molecule has 0 aliphatic rings. The zero-order chi connectivity index (χ0) is 23.6. The van der Waals surface area contributed by atoms with E-state index >= 15 is 0 Å².